The average Bonchev–Trinajstić information content (AvgIpc) is 2.74. The van der Waals surface area contributed by atoms with Crippen LogP contribution in [0.15, 0.2) is 42.5 Å². The summed E-state index contributed by atoms with van der Waals surface area (Å²) in [7, 11) is 0. The maximum Gasteiger partial charge on any atom is 0.219 e. The van der Waals surface area contributed by atoms with Gasteiger partial charge in [-0.3, -0.25) is 9.69 Å². The summed E-state index contributed by atoms with van der Waals surface area (Å²) < 4.78 is 6.42. The highest BCUT2D eigenvalue weighted by Gasteiger charge is 2.33. The fraction of sp³-hybridized carbons (Fsp3) is 0.542. The first kappa shape index (κ1) is 19.4. The van der Waals surface area contributed by atoms with E-state index in [0.29, 0.717) is 12.1 Å². The van der Waals surface area contributed by atoms with Crippen molar-refractivity contribution >= 4 is 16.7 Å². The number of hydrogen-bond donors (Lipinski definition) is 0. The number of benzene rings is 2. The second-order valence-electron chi connectivity index (χ2n) is 8.23. The molecule has 1 heterocycles. The summed E-state index contributed by atoms with van der Waals surface area (Å²) in [5.74, 6) is 0.200. The Hall–Kier alpha value is -1.91. The Morgan fingerprint density at radius 1 is 1.00 bits per heavy atom. The van der Waals surface area contributed by atoms with Gasteiger partial charge < -0.3 is 9.64 Å². The van der Waals surface area contributed by atoms with E-state index in [0.717, 1.165) is 45.6 Å². The van der Waals surface area contributed by atoms with Gasteiger partial charge in [0.15, 0.2) is 0 Å². The molecule has 28 heavy (non-hydrogen) atoms. The van der Waals surface area contributed by atoms with E-state index in [-0.39, 0.29) is 5.91 Å². The van der Waals surface area contributed by atoms with Gasteiger partial charge in [0.1, 0.15) is 0 Å². The van der Waals surface area contributed by atoms with Gasteiger partial charge >= 0.3 is 0 Å². The molecular formula is C24H32N2O2. The Morgan fingerprint density at radius 2 is 1.75 bits per heavy atom. The number of amides is 1. The maximum atomic E-state index is 11.6. The molecule has 2 atom stereocenters. The van der Waals surface area contributed by atoms with Gasteiger partial charge in [-0.05, 0) is 35.6 Å². The van der Waals surface area contributed by atoms with Gasteiger partial charge in [0.05, 0.1) is 12.7 Å². The molecule has 1 saturated heterocycles. The zero-order valence-electron chi connectivity index (χ0n) is 17.0. The average molecular weight is 381 g/mol. The molecule has 0 N–H and O–H groups in total. The van der Waals surface area contributed by atoms with Crippen LogP contribution in [0.3, 0.4) is 0 Å². The van der Waals surface area contributed by atoms with Crippen LogP contribution in [0, 0.1) is 0 Å². The second-order valence-corrected chi connectivity index (χ2v) is 8.23. The van der Waals surface area contributed by atoms with Crippen LogP contribution in [0.5, 0.6) is 0 Å². The predicted octanol–water partition coefficient (Wildman–Crippen LogP) is 3.87. The minimum absolute atomic E-state index is 0.200. The molecule has 4 rings (SSSR count). The van der Waals surface area contributed by atoms with Crippen molar-refractivity contribution in [3.05, 3.63) is 48.0 Å². The van der Waals surface area contributed by atoms with Crippen molar-refractivity contribution in [1.82, 2.24) is 9.80 Å². The summed E-state index contributed by atoms with van der Waals surface area (Å²) in [6.07, 6.45) is 6.24. The minimum Gasteiger partial charge on any atom is -0.376 e. The van der Waals surface area contributed by atoms with Crippen molar-refractivity contribution in [2.75, 3.05) is 32.8 Å². The summed E-state index contributed by atoms with van der Waals surface area (Å²) >= 11 is 0. The first-order chi connectivity index (χ1) is 13.7. The van der Waals surface area contributed by atoms with E-state index < -0.39 is 0 Å². The quantitative estimate of drug-likeness (QED) is 0.789. The Labute approximate surface area is 168 Å². The van der Waals surface area contributed by atoms with Crippen molar-refractivity contribution in [2.24, 2.45) is 0 Å². The molecule has 0 aromatic heterocycles. The number of fused-ring (bicyclic) bond motifs is 1. The zero-order chi connectivity index (χ0) is 19.3. The standard InChI is InChI=1S/C24H32N2O2/c1-19(27)25-13-15-26(16-14-25)23-8-4-5-9-24(23)28-17-12-20-10-11-21-6-2-3-7-22(21)18-20/h2-3,6-7,10-11,18,23-24H,4-5,8-9,12-17H2,1H3. The SMILES string of the molecule is CC(=O)N1CCN(C2CCCCC2OCCc2ccc3ccccc3c2)CC1. The van der Waals surface area contributed by atoms with E-state index in [9.17, 15) is 4.79 Å². The molecule has 2 aliphatic rings. The molecule has 4 nitrogen and oxygen atoms in total. The third-order valence-electron chi connectivity index (χ3n) is 6.43. The number of carbonyl (C=O) groups excluding carboxylic acids is 1. The number of rotatable bonds is 5. The maximum absolute atomic E-state index is 11.6. The molecule has 2 aromatic rings. The fourth-order valence-electron chi connectivity index (χ4n) is 4.78. The summed E-state index contributed by atoms with van der Waals surface area (Å²) in [4.78, 5) is 16.1. The lowest BCUT2D eigenvalue weighted by Crippen LogP contribution is -2.55. The Balaban J connectivity index is 1.31. The second kappa shape index (κ2) is 9.06. The van der Waals surface area contributed by atoms with Gasteiger partial charge in [0.25, 0.3) is 0 Å². The van der Waals surface area contributed by atoms with E-state index in [1.807, 2.05) is 4.90 Å². The molecular weight excluding hydrogens is 348 g/mol. The molecule has 0 bridgehead atoms. The van der Waals surface area contributed by atoms with Gasteiger partial charge in [0, 0.05) is 39.1 Å². The molecule has 0 radical (unpaired) electrons. The predicted molar refractivity (Wildman–Crippen MR) is 113 cm³/mol. The number of piperazine rings is 1. The highest BCUT2D eigenvalue weighted by atomic mass is 16.5. The van der Waals surface area contributed by atoms with E-state index in [2.05, 4.69) is 47.4 Å². The Morgan fingerprint density at radius 3 is 2.54 bits per heavy atom. The van der Waals surface area contributed by atoms with Gasteiger partial charge in [0.2, 0.25) is 5.91 Å². The molecule has 150 valence electrons. The van der Waals surface area contributed by atoms with E-state index in [4.69, 9.17) is 4.74 Å². The molecule has 4 heteroatoms. The van der Waals surface area contributed by atoms with Crippen LogP contribution in [-0.4, -0.2) is 60.6 Å². The number of hydrogen-bond acceptors (Lipinski definition) is 3. The highest BCUT2D eigenvalue weighted by molar-refractivity contribution is 5.82. The topological polar surface area (TPSA) is 32.8 Å². The first-order valence-corrected chi connectivity index (χ1v) is 10.8. The van der Waals surface area contributed by atoms with Crippen molar-refractivity contribution in [3.63, 3.8) is 0 Å². The van der Waals surface area contributed by atoms with Crippen LogP contribution in [0.2, 0.25) is 0 Å². The zero-order valence-corrected chi connectivity index (χ0v) is 17.0. The van der Waals surface area contributed by atoms with E-state index in [1.165, 1.54) is 35.6 Å². The van der Waals surface area contributed by atoms with Crippen molar-refractivity contribution in [3.8, 4) is 0 Å². The monoisotopic (exact) mass is 380 g/mol. The van der Waals surface area contributed by atoms with Gasteiger partial charge in [-0.15, -0.1) is 0 Å². The molecule has 1 aliphatic heterocycles. The van der Waals surface area contributed by atoms with Crippen molar-refractivity contribution < 1.29 is 9.53 Å². The van der Waals surface area contributed by atoms with Crippen LogP contribution in [-0.2, 0) is 16.0 Å². The Bertz CT molecular complexity index is 798. The lowest BCUT2D eigenvalue weighted by atomic mass is 9.90. The third kappa shape index (κ3) is 4.56. The van der Waals surface area contributed by atoms with Crippen LogP contribution in [0.25, 0.3) is 10.8 Å². The normalized spacial score (nSPS) is 23.8. The van der Waals surface area contributed by atoms with Crippen molar-refractivity contribution in [1.29, 1.82) is 0 Å². The minimum atomic E-state index is 0.200. The summed E-state index contributed by atoms with van der Waals surface area (Å²) in [5, 5.41) is 2.60. The molecule has 2 aromatic carbocycles. The molecule has 1 aliphatic carbocycles. The third-order valence-corrected chi connectivity index (χ3v) is 6.43. The van der Waals surface area contributed by atoms with E-state index in [1.54, 1.807) is 6.92 Å². The number of ether oxygens (including phenoxy) is 1. The Kier molecular flexibility index (Phi) is 6.28. The molecule has 0 spiro atoms. The van der Waals surface area contributed by atoms with Gasteiger partial charge in [-0.25, -0.2) is 0 Å². The van der Waals surface area contributed by atoms with Crippen molar-refractivity contribution in [2.45, 2.75) is 51.2 Å². The molecule has 1 amide bonds. The largest absolute Gasteiger partial charge is 0.376 e. The lowest BCUT2D eigenvalue weighted by Gasteiger charge is -2.43. The fourth-order valence-corrected chi connectivity index (χ4v) is 4.78. The lowest BCUT2D eigenvalue weighted by molar-refractivity contribution is -0.131. The van der Waals surface area contributed by atoms with Gasteiger partial charge in [-0.2, -0.15) is 0 Å². The molecule has 2 unspecified atom stereocenters. The molecule has 2 fully saturated rings. The van der Waals surface area contributed by atoms with Gasteiger partial charge in [-0.1, -0.05) is 55.3 Å². The molecule has 1 saturated carbocycles. The van der Waals surface area contributed by atoms with E-state index >= 15 is 0 Å². The summed E-state index contributed by atoms with van der Waals surface area (Å²) in [6.45, 7) is 6.14. The smallest absolute Gasteiger partial charge is 0.219 e. The number of carbonyl (C=O) groups is 1. The van der Waals surface area contributed by atoms with Crippen LogP contribution >= 0.6 is 0 Å². The van der Waals surface area contributed by atoms with Crippen LogP contribution < -0.4 is 0 Å². The highest BCUT2D eigenvalue weighted by Crippen LogP contribution is 2.27. The summed E-state index contributed by atoms with van der Waals surface area (Å²) in [5.41, 5.74) is 1.35. The summed E-state index contributed by atoms with van der Waals surface area (Å²) in [6, 6.07) is 15.8. The van der Waals surface area contributed by atoms with Crippen LogP contribution in [0.4, 0.5) is 0 Å². The first-order valence-electron chi connectivity index (χ1n) is 10.8. The van der Waals surface area contributed by atoms with Crippen LogP contribution in [0.1, 0.15) is 38.2 Å². The number of nitrogens with zero attached hydrogens (tertiary/aromatic N) is 2.